The van der Waals surface area contributed by atoms with Crippen LogP contribution in [0.15, 0.2) is 10.5 Å². The third-order valence-corrected chi connectivity index (χ3v) is 3.50. The van der Waals surface area contributed by atoms with E-state index in [1.807, 2.05) is 6.92 Å². The van der Waals surface area contributed by atoms with E-state index >= 15 is 0 Å². The average molecular weight is 252 g/mol. The summed E-state index contributed by atoms with van der Waals surface area (Å²) >= 11 is 0. The van der Waals surface area contributed by atoms with E-state index in [9.17, 15) is 4.79 Å². The zero-order chi connectivity index (χ0) is 13.2. The summed E-state index contributed by atoms with van der Waals surface area (Å²) in [6.45, 7) is 5.33. The molecule has 5 nitrogen and oxygen atoms in total. The molecule has 18 heavy (non-hydrogen) atoms. The predicted molar refractivity (Wildman–Crippen MR) is 67.5 cm³/mol. The molecule has 0 saturated carbocycles. The first-order valence-electron chi connectivity index (χ1n) is 6.24. The van der Waals surface area contributed by atoms with Gasteiger partial charge in [-0.15, -0.1) is 0 Å². The van der Waals surface area contributed by atoms with Crippen LogP contribution in [0.2, 0.25) is 0 Å². The molecule has 1 aromatic heterocycles. The molecule has 0 bridgehead atoms. The Morgan fingerprint density at radius 2 is 2.11 bits per heavy atom. The highest BCUT2D eigenvalue weighted by atomic mass is 16.5. The molecular weight excluding hydrogens is 232 g/mol. The highest BCUT2D eigenvalue weighted by molar-refractivity contribution is 5.95. The molecule has 2 heterocycles. The van der Waals surface area contributed by atoms with E-state index in [2.05, 4.69) is 5.32 Å². The second-order valence-electron chi connectivity index (χ2n) is 4.88. The predicted octanol–water partition coefficient (Wildman–Crippen LogP) is 1.13. The molecule has 1 aromatic rings. The average Bonchev–Trinajstić information content (AvgIpc) is 2.70. The van der Waals surface area contributed by atoms with E-state index in [1.165, 1.54) is 0 Å². The quantitative estimate of drug-likeness (QED) is 0.845. The van der Waals surface area contributed by atoms with E-state index in [4.69, 9.17) is 14.9 Å². The third kappa shape index (κ3) is 2.57. The maximum Gasteiger partial charge on any atom is 0.255 e. The van der Waals surface area contributed by atoms with E-state index in [1.54, 1.807) is 13.0 Å². The highest BCUT2D eigenvalue weighted by Crippen LogP contribution is 2.21. The first-order valence-corrected chi connectivity index (χ1v) is 6.24. The molecular formula is C13H20N2O3. The number of carbonyl (C=O) groups is 1. The second kappa shape index (κ2) is 5.12. The molecule has 1 aliphatic heterocycles. The van der Waals surface area contributed by atoms with Gasteiger partial charge in [0.05, 0.1) is 11.1 Å². The number of nitrogens with two attached hydrogens (primary N) is 1. The lowest BCUT2D eigenvalue weighted by Gasteiger charge is -2.36. The molecule has 5 heteroatoms. The lowest BCUT2D eigenvalue weighted by Crippen LogP contribution is -2.56. The minimum absolute atomic E-state index is 0.114. The number of nitrogens with one attached hydrogen (secondary N) is 1. The first kappa shape index (κ1) is 13.1. The number of rotatable bonds is 3. The van der Waals surface area contributed by atoms with Crippen molar-refractivity contribution in [2.75, 3.05) is 19.8 Å². The van der Waals surface area contributed by atoms with Gasteiger partial charge in [-0.05, 0) is 32.8 Å². The lowest BCUT2D eigenvalue weighted by atomic mass is 9.89. The standard InChI is InChI=1S/C13H20N2O3/c1-9-7-11(10(2)18-9)12(16)15-13(8-14)3-5-17-6-4-13/h7H,3-6,8,14H2,1-2H3,(H,15,16). The molecule has 0 radical (unpaired) electrons. The minimum atomic E-state index is -0.340. The fraction of sp³-hybridized carbons (Fsp3) is 0.615. The van der Waals surface area contributed by atoms with Crippen LogP contribution in [0.1, 0.15) is 34.7 Å². The Kier molecular flexibility index (Phi) is 3.73. The van der Waals surface area contributed by atoms with Crippen LogP contribution in [-0.4, -0.2) is 31.2 Å². The van der Waals surface area contributed by atoms with Crippen molar-refractivity contribution < 1.29 is 13.9 Å². The van der Waals surface area contributed by atoms with Gasteiger partial charge < -0.3 is 20.2 Å². The summed E-state index contributed by atoms with van der Waals surface area (Å²) in [6.07, 6.45) is 1.51. The van der Waals surface area contributed by atoms with Gasteiger partial charge in [-0.3, -0.25) is 4.79 Å². The monoisotopic (exact) mass is 252 g/mol. The smallest absolute Gasteiger partial charge is 0.255 e. The molecule has 1 aliphatic rings. The topological polar surface area (TPSA) is 77.5 Å². The fourth-order valence-electron chi connectivity index (χ4n) is 2.31. The Morgan fingerprint density at radius 3 is 2.61 bits per heavy atom. The van der Waals surface area contributed by atoms with E-state index in [0.29, 0.717) is 31.1 Å². The molecule has 3 N–H and O–H groups in total. The number of hydrogen-bond acceptors (Lipinski definition) is 4. The van der Waals surface area contributed by atoms with Gasteiger partial charge in [0.15, 0.2) is 0 Å². The molecule has 1 saturated heterocycles. The zero-order valence-corrected chi connectivity index (χ0v) is 10.9. The van der Waals surface area contributed by atoms with Crippen LogP contribution in [-0.2, 0) is 4.74 Å². The summed E-state index contributed by atoms with van der Waals surface area (Å²) in [5.74, 6) is 1.27. The van der Waals surface area contributed by atoms with Crippen molar-refractivity contribution in [2.45, 2.75) is 32.2 Å². The molecule has 0 aromatic carbocycles. The van der Waals surface area contributed by atoms with E-state index in [-0.39, 0.29) is 11.4 Å². The number of hydrogen-bond donors (Lipinski definition) is 2. The maximum atomic E-state index is 12.2. The van der Waals surface area contributed by atoms with Crippen molar-refractivity contribution in [1.29, 1.82) is 0 Å². The Balaban J connectivity index is 2.12. The van der Waals surface area contributed by atoms with Crippen LogP contribution < -0.4 is 11.1 Å². The van der Waals surface area contributed by atoms with Gasteiger partial charge in [-0.2, -0.15) is 0 Å². The van der Waals surface area contributed by atoms with Crippen molar-refractivity contribution in [3.05, 3.63) is 23.2 Å². The van der Waals surface area contributed by atoms with Crippen LogP contribution in [0.3, 0.4) is 0 Å². The maximum absolute atomic E-state index is 12.2. The Bertz CT molecular complexity index is 433. The lowest BCUT2D eigenvalue weighted by molar-refractivity contribution is 0.0388. The fourth-order valence-corrected chi connectivity index (χ4v) is 2.31. The summed E-state index contributed by atoms with van der Waals surface area (Å²) in [4.78, 5) is 12.2. The van der Waals surface area contributed by atoms with Gasteiger partial charge in [0.2, 0.25) is 0 Å². The van der Waals surface area contributed by atoms with Crippen LogP contribution in [0, 0.1) is 13.8 Å². The molecule has 0 spiro atoms. The summed E-state index contributed by atoms with van der Waals surface area (Å²) in [7, 11) is 0. The van der Waals surface area contributed by atoms with Crippen LogP contribution in [0.5, 0.6) is 0 Å². The minimum Gasteiger partial charge on any atom is -0.466 e. The van der Waals surface area contributed by atoms with Crippen LogP contribution in [0.25, 0.3) is 0 Å². The summed E-state index contributed by atoms with van der Waals surface area (Å²) in [5.41, 5.74) is 6.06. The van der Waals surface area contributed by atoms with Gasteiger partial charge in [0, 0.05) is 19.8 Å². The van der Waals surface area contributed by atoms with Crippen LogP contribution in [0.4, 0.5) is 0 Å². The normalized spacial score (nSPS) is 18.6. The van der Waals surface area contributed by atoms with Crippen molar-refractivity contribution in [1.82, 2.24) is 5.32 Å². The number of ether oxygens (including phenoxy) is 1. The van der Waals surface area contributed by atoms with Gasteiger partial charge >= 0.3 is 0 Å². The van der Waals surface area contributed by atoms with Crippen molar-refractivity contribution in [3.8, 4) is 0 Å². The Hall–Kier alpha value is -1.33. The highest BCUT2D eigenvalue weighted by Gasteiger charge is 2.33. The Labute approximate surface area is 107 Å². The van der Waals surface area contributed by atoms with Gasteiger partial charge in [0.1, 0.15) is 11.5 Å². The number of aryl methyl sites for hydroxylation is 2. The second-order valence-corrected chi connectivity index (χ2v) is 4.88. The third-order valence-electron chi connectivity index (χ3n) is 3.50. The van der Waals surface area contributed by atoms with Gasteiger partial charge in [-0.1, -0.05) is 0 Å². The van der Waals surface area contributed by atoms with E-state index < -0.39 is 0 Å². The van der Waals surface area contributed by atoms with E-state index in [0.717, 1.165) is 18.6 Å². The number of amides is 1. The molecule has 1 fully saturated rings. The largest absolute Gasteiger partial charge is 0.466 e. The SMILES string of the molecule is Cc1cc(C(=O)NC2(CN)CCOCC2)c(C)o1. The van der Waals surface area contributed by atoms with Crippen molar-refractivity contribution in [3.63, 3.8) is 0 Å². The summed E-state index contributed by atoms with van der Waals surface area (Å²) in [5, 5.41) is 3.05. The van der Waals surface area contributed by atoms with Gasteiger partial charge in [-0.25, -0.2) is 0 Å². The molecule has 0 aliphatic carbocycles. The Morgan fingerprint density at radius 1 is 1.44 bits per heavy atom. The number of carbonyl (C=O) groups excluding carboxylic acids is 1. The summed E-state index contributed by atoms with van der Waals surface area (Å²) < 4.78 is 10.7. The molecule has 1 amide bonds. The molecule has 2 rings (SSSR count). The molecule has 0 atom stereocenters. The molecule has 0 unspecified atom stereocenters. The van der Waals surface area contributed by atoms with Crippen molar-refractivity contribution in [2.24, 2.45) is 5.73 Å². The number of furan rings is 1. The molecule has 100 valence electrons. The van der Waals surface area contributed by atoms with Crippen LogP contribution >= 0.6 is 0 Å². The summed E-state index contributed by atoms with van der Waals surface area (Å²) in [6, 6.07) is 1.76. The van der Waals surface area contributed by atoms with Crippen molar-refractivity contribution >= 4 is 5.91 Å². The zero-order valence-electron chi connectivity index (χ0n) is 10.9. The first-order chi connectivity index (χ1) is 8.56. The van der Waals surface area contributed by atoms with Gasteiger partial charge in [0.25, 0.3) is 5.91 Å².